The standard InChI is InChI=1S/C15H26N2O2/c1-3-19-15(13-9-5-4-6-10-13)14(17-16)11-7-8-12-18-2/h4-6,9-10,14-15,17H,3,7-8,11-12,16H2,1-2H3. The van der Waals surface area contributed by atoms with Crippen molar-refractivity contribution in [3.05, 3.63) is 35.9 Å². The number of rotatable bonds is 10. The number of hydrazine groups is 1. The van der Waals surface area contributed by atoms with Crippen molar-refractivity contribution in [1.29, 1.82) is 0 Å². The van der Waals surface area contributed by atoms with Gasteiger partial charge >= 0.3 is 0 Å². The van der Waals surface area contributed by atoms with Crippen LogP contribution in [0, 0.1) is 0 Å². The molecule has 0 amide bonds. The molecule has 0 fully saturated rings. The van der Waals surface area contributed by atoms with Gasteiger partial charge < -0.3 is 9.47 Å². The van der Waals surface area contributed by atoms with Gasteiger partial charge in [-0.2, -0.15) is 0 Å². The molecular formula is C15H26N2O2. The molecule has 1 aromatic rings. The second-order valence-corrected chi connectivity index (χ2v) is 4.55. The minimum Gasteiger partial charge on any atom is -0.385 e. The summed E-state index contributed by atoms with van der Waals surface area (Å²) in [6.07, 6.45) is 3.08. The molecule has 19 heavy (non-hydrogen) atoms. The van der Waals surface area contributed by atoms with E-state index >= 15 is 0 Å². The molecule has 0 aromatic heterocycles. The van der Waals surface area contributed by atoms with Crippen LogP contribution in [0.4, 0.5) is 0 Å². The number of benzene rings is 1. The Morgan fingerprint density at radius 1 is 1.21 bits per heavy atom. The zero-order chi connectivity index (χ0) is 13.9. The minimum atomic E-state index is -0.00116. The summed E-state index contributed by atoms with van der Waals surface area (Å²) in [6.45, 7) is 3.48. The van der Waals surface area contributed by atoms with Crippen molar-refractivity contribution in [1.82, 2.24) is 5.43 Å². The molecule has 0 radical (unpaired) electrons. The van der Waals surface area contributed by atoms with Crippen LogP contribution in [0.25, 0.3) is 0 Å². The third-order valence-corrected chi connectivity index (χ3v) is 3.17. The summed E-state index contributed by atoms with van der Waals surface area (Å²) in [4.78, 5) is 0. The highest BCUT2D eigenvalue weighted by molar-refractivity contribution is 5.19. The Hall–Kier alpha value is -0.940. The maximum absolute atomic E-state index is 5.86. The first kappa shape index (κ1) is 16.1. The number of methoxy groups -OCH3 is 1. The normalized spacial score (nSPS) is 14.3. The Labute approximate surface area is 116 Å². The number of nitrogens with one attached hydrogen (secondary N) is 1. The van der Waals surface area contributed by atoms with E-state index < -0.39 is 0 Å². The van der Waals surface area contributed by atoms with Crippen molar-refractivity contribution >= 4 is 0 Å². The quantitative estimate of drug-likeness (QED) is 0.388. The van der Waals surface area contributed by atoms with E-state index in [1.165, 1.54) is 5.56 Å². The van der Waals surface area contributed by atoms with Crippen molar-refractivity contribution in [3.8, 4) is 0 Å². The van der Waals surface area contributed by atoms with Gasteiger partial charge in [-0.1, -0.05) is 30.3 Å². The zero-order valence-electron chi connectivity index (χ0n) is 12.0. The SMILES string of the molecule is CCOC(c1ccccc1)C(CCCCOC)NN. The van der Waals surface area contributed by atoms with E-state index in [0.29, 0.717) is 6.61 Å². The molecule has 4 nitrogen and oxygen atoms in total. The van der Waals surface area contributed by atoms with E-state index in [9.17, 15) is 0 Å². The number of ether oxygens (including phenoxy) is 2. The Morgan fingerprint density at radius 3 is 2.53 bits per heavy atom. The van der Waals surface area contributed by atoms with Crippen LogP contribution in [0.2, 0.25) is 0 Å². The van der Waals surface area contributed by atoms with Gasteiger partial charge in [-0.3, -0.25) is 11.3 Å². The molecule has 2 atom stereocenters. The summed E-state index contributed by atoms with van der Waals surface area (Å²) in [6, 6.07) is 10.4. The largest absolute Gasteiger partial charge is 0.385 e. The summed E-state index contributed by atoms with van der Waals surface area (Å²) in [5, 5.41) is 0. The van der Waals surface area contributed by atoms with Crippen molar-refractivity contribution in [3.63, 3.8) is 0 Å². The molecule has 0 bridgehead atoms. The predicted molar refractivity (Wildman–Crippen MR) is 77.6 cm³/mol. The highest BCUT2D eigenvalue weighted by Gasteiger charge is 2.22. The Bertz CT molecular complexity index is 319. The minimum absolute atomic E-state index is 0.00116. The van der Waals surface area contributed by atoms with Gasteiger partial charge in [0.25, 0.3) is 0 Å². The van der Waals surface area contributed by atoms with E-state index in [2.05, 4.69) is 17.6 Å². The van der Waals surface area contributed by atoms with E-state index in [0.717, 1.165) is 25.9 Å². The first-order chi connectivity index (χ1) is 9.33. The van der Waals surface area contributed by atoms with Crippen LogP contribution in [0.15, 0.2) is 30.3 Å². The summed E-state index contributed by atoms with van der Waals surface area (Å²) >= 11 is 0. The maximum Gasteiger partial charge on any atom is 0.0991 e. The highest BCUT2D eigenvalue weighted by atomic mass is 16.5. The highest BCUT2D eigenvalue weighted by Crippen LogP contribution is 2.24. The monoisotopic (exact) mass is 266 g/mol. The van der Waals surface area contributed by atoms with E-state index in [-0.39, 0.29) is 12.1 Å². The number of nitrogens with two attached hydrogens (primary N) is 1. The summed E-state index contributed by atoms with van der Waals surface area (Å²) in [5.41, 5.74) is 4.06. The molecule has 2 unspecified atom stereocenters. The fourth-order valence-electron chi connectivity index (χ4n) is 2.20. The molecular weight excluding hydrogens is 240 g/mol. The van der Waals surface area contributed by atoms with Gasteiger partial charge in [0.1, 0.15) is 0 Å². The van der Waals surface area contributed by atoms with Gasteiger partial charge in [0.2, 0.25) is 0 Å². The zero-order valence-corrected chi connectivity index (χ0v) is 12.0. The average Bonchev–Trinajstić information content (AvgIpc) is 2.47. The lowest BCUT2D eigenvalue weighted by atomic mass is 9.98. The first-order valence-electron chi connectivity index (χ1n) is 6.95. The lowest BCUT2D eigenvalue weighted by molar-refractivity contribution is 0.0297. The third kappa shape index (κ3) is 5.70. The van der Waals surface area contributed by atoms with Crippen molar-refractivity contribution in [2.75, 3.05) is 20.3 Å². The van der Waals surface area contributed by atoms with Crippen LogP contribution < -0.4 is 11.3 Å². The Balaban J connectivity index is 2.61. The topological polar surface area (TPSA) is 56.5 Å². The second-order valence-electron chi connectivity index (χ2n) is 4.55. The number of hydrogen-bond donors (Lipinski definition) is 2. The van der Waals surface area contributed by atoms with Crippen LogP contribution in [0.5, 0.6) is 0 Å². The van der Waals surface area contributed by atoms with Crippen LogP contribution in [0.3, 0.4) is 0 Å². The van der Waals surface area contributed by atoms with Gasteiger partial charge in [0, 0.05) is 20.3 Å². The van der Waals surface area contributed by atoms with Gasteiger partial charge in [0.15, 0.2) is 0 Å². The van der Waals surface area contributed by atoms with Crippen LogP contribution in [-0.4, -0.2) is 26.4 Å². The predicted octanol–water partition coefficient (Wildman–Crippen LogP) is 2.41. The number of hydrogen-bond acceptors (Lipinski definition) is 4. The summed E-state index contributed by atoms with van der Waals surface area (Å²) in [5.74, 6) is 5.69. The molecule has 1 rings (SSSR count). The molecule has 1 aromatic carbocycles. The molecule has 0 aliphatic carbocycles. The van der Waals surface area contributed by atoms with Gasteiger partial charge in [0.05, 0.1) is 12.1 Å². The van der Waals surface area contributed by atoms with Gasteiger partial charge in [-0.25, -0.2) is 0 Å². The van der Waals surface area contributed by atoms with E-state index in [1.54, 1.807) is 7.11 Å². The fourth-order valence-corrected chi connectivity index (χ4v) is 2.20. The molecule has 0 aliphatic heterocycles. The third-order valence-electron chi connectivity index (χ3n) is 3.17. The van der Waals surface area contributed by atoms with E-state index in [1.807, 2.05) is 25.1 Å². The molecule has 0 spiro atoms. The molecule has 0 saturated heterocycles. The number of unbranched alkanes of at least 4 members (excludes halogenated alkanes) is 1. The molecule has 4 heteroatoms. The smallest absolute Gasteiger partial charge is 0.0991 e. The fraction of sp³-hybridized carbons (Fsp3) is 0.600. The second kappa shape index (κ2) is 9.92. The van der Waals surface area contributed by atoms with Crippen LogP contribution >= 0.6 is 0 Å². The molecule has 0 heterocycles. The molecule has 3 N–H and O–H groups in total. The Morgan fingerprint density at radius 2 is 1.95 bits per heavy atom. The average molecular weight is 266 g/mol. The van der Waals surface area contributed by atoms with E-state index in [4.69, 9.17) is 15.3 Å². The van der Waals surface area contributed by atoms with Crippen LogP contribution in [-0.2, 0) is 9.47 Å². The van der Waals surface area contributed by atoms with Gasteiger partial charge in [-0.05, 0) is 31.7 Å². The van der Waals surface area contributed by atoms with Crippen molar-refractivity contribution in [2.24, 2.45) is 5.84 Å². The lowest BCUT2D eigenvalue weighted by Crippen LogP contribution is -2.40. The molecule has 0 aliphatic rings. The summed E-state index contributed by atoms with van der Waals surface area (Å²) in [7, 11) is 1.73. The van der Waals surface area contributed by atoms with Crippen molar-refractivity contribution in [2.45, 2.75) is 38.3 Å². The maximum atomic E-state index is 5.86. The van der Waals surface area contributed by atoms with Crippen LogP contribution in [0.1, 0.15) is 37.9 Å². The molecule has 0 saturated carbocycles. The first-order valence-corrected chi connectivity index (χ1v) is 6.95. The molecule has 108 valence electrons. The van der Waals surface area contributed by atoms with Crippen molar-refractivity contribution < 1.29 is 9.47 Å². The summed E-state index contributed by atoms with van der Waals surface area (Å²) < 4.78 is 10.9. The Kier molecular flexibility index (Phi) is 8.41. The lowest BCUT2D eigenvalue weighted by Gasteiger charge is -2.27. The van der Waals surface area contributed by atoms with Gasteiger partial charge in [-0.15, -0.1) is 0 Å².